The van der Waals surface area contributed by atoms with Gasteiger partial charge in [0.25, 0.3) is 5.91 Å². The van der Waals surface area contributed by atoms with Crippen LogP contribution in [-0.2, 0) is 5.54 Å². The second-order valence-electron chi connectivity index (χ2n) is 9.52. The number of hydrogen-bond donors (Lipinski definition) is 3. The molecule has 0 fully saturated rings. The van der Waals surface area contributed by atoms with Crippen LogP contribution < -0.4 is 4.74 Å². The van der Waals surface area contributed by atoms with Crippen LogP contribution in [0.1, 0.15) is 39.5 Å². The fourth-order valence-electron chi connectivity index (χ4n) is 5.61. The smallest absolute Gasteiger partial charge is 0.275 e. The number of rotatable bonds is 2. The summed E-state index contributed by atoms with van der Waals surface area (Å²) in [5.41, 5.74) is 1.58. The number of hydrogen-bond acceptors (Lipinski definition) is 7. The monoisotopic (exact) mass is 541 g/mol. The minimum atomic E-state index is -1.26. The van der Waals surface area contributed by atoms with Crippen LogP contribution in [0.2, 0.25) is 0 Å². The van der Waals surface area contributed by atoms with E-state index in [0.29, 0.717) is 39.3 Å². The van der Waals surface area contributed by atoms with E-state index in [1.165, 1.54) is 30.3 Å². The van der Waals surface area contributed by atoms with Crippen LogP contribution in [-0.4, -0.2) is 32.5 Å². The quantitative estimate of drug-likeness (QED) is 0.223. The van der Waals surface area contributed by atoms with E-state index in [2.05, 4.69) is 0 Å². The number of hydrazone groups is 1. The Morgan fingerprint density at radius 1 is 0.829 bits per heavy atom. The molecule has 0 unspecified atom stereocenters. The van der Waals surface area contributed by atoms with Crippen molar-refractivity contribution >= 4 is 22.9 Å². The molecule has 200 valence electrons. The van der Waals surface area contributed by atoms with Gasteiger partial charge < -0.3 is 20.1 Å². The molecule has 5 aromatic rings. The van der Waals surface area contributed by atoms with Gasteiger partial charge in [-0.3, -0.25) is 4.79 Å². The van der Waals surface area contributed by atoms with Crippen molar-refractivity contribution in [1.82, 2.24) is 5.01 Å². The number of aromatic hydroxyl groups is 3. The van der Waals surface area contributed by atoms with Gasteiger partial charge in [-0.1, -0.05) is 48.5 Å². The molecule has 0 aromatic heterocycles. The van der Waals surface area contributed by atoms with Gasteiger partial charge in [-0.15, -0.1) is 0 Å². The molecule has 0 saturated heterocycles. The molecular formula is C33H23N3O5. The molecule has 3 N–H and O–H groups in total. The van der Waals surface area contributed by atoms with Crippen LogP contribution in [0.25, 0.3) is 10.8 Å². The highest BCUT2D eigenvalue weighted by Gasteiger charge is 2.57. The lowest BCUT2D eigenvalue weighted by molar-refractivity contribution is 0.0675. The van der Waals surface area contributed by atoms with Crippen molar-refractivity contribution in [2.75, 3.05) is 0 Å². The van der Waals surface area contributed by atoms with Gasteiger partial charge in [0.05, 0.1) is 12.3 Å². The molecule has 8 heteroatoms. The maximum Gasteiger partial charge on any atom is 0.275 e. The van der Waals surface area contributed by atoms with Crippen molar-refractivity contribution in [2.24, 2.45) is 5.10 Å². The molecule has 8 nitrogen and oxygen atoms in total. The Morgan fingerprint density at radius 3 is 2.12 bits per heavy atom. The van der Waals surface area contributed by atoms with E-state index in [-0.39, 0.29) is 23.2 Å². The van der Waals surface area contributed by atoms with Crippen LogP contribution in [0.4, 0.5) is 0 Å². The molecule has 0 atom stereocenters. The molecule has 2 aliphatic rings. The average Bonchev–Trinajstić information content (AvgIpc) is 3.21. The average molecular weight is 542 g/mol. The SMILES string of the molecule is CC#N.O=C1c2ccccc2C2(c3ccc(O)cc3Oc3cc(O)ccc32)N1/N=C/c1c(O)ccc2ccccc12. The topological polar surface area (TPSA) is 126 Å². The predicted octanol–water partition coefficient (Wildman–Crippen LogP) is 6.37. The summed E-state index contributed by atoms with van der Waals surface area (Å²) in [7, 11) is 0. The van der Waals surface area contributed by atoms with Gasteiger partial charge in [-0.05, 0) is 47.2 Å². The maximum absolute atomic E-state index is 14.0. The summed E-state index contributed by atoms with van der Waals surface area (Å²) in [5, 5.41) is 46.4. The van der Waals surface area contributed by atoms with Crippen molar-refractivity contribution in [1.29, 1.82) is 5.26 Å². The molecule has 1 spiro atoms. The number of amides is 1. The number of benzene rings is 5. The van der Waals surface area contributed by atoms with Gasteiger partial charge in [-0.2, -0.15) is 10.4 Å². The predicted molar refractivity (Wildman–Crippen MR) is 153 cm³/mol. The Bertz CT molecular complexity index is 1870. The number of fused-ring (bicyclic) bond motifs is 7. The Hall–Kier alpha value is -5.81. The van der Waals surface area contributed by atoms with E-state index in [4.69, 9.17) is 15.1 Å². The normalized spacial score (nSPS) is 14.0. The first-order valence-corrected chi connectivity index (χ1v) is 12.7. The van der Waals surface area contributed by atoms with Gasteiger partial charge >= 0.3 is 0 Å². The van der Waals surface area contributed by atoms with Crippen molar-refractivity contribution in [3.63, 3.8) is 0 Å². The van der Waals surface area contributed by atoms with Crippen molar-refractivity contribution in [2.45, 2.75) is 12.5 Å². The summed E-state index contributed by atoms with van der Waals surface area (Å²) in [5.74, 6) is 0.359. The van der Waals surface area contributed by atoms with Crippen LogP contribution in [0, 0.1) is 11.3 Å². The number of phenolic OH excluding ortho intramolecular Hbond substituents is 3. The number of carbonyl (C=O) groups is 1. The summed E-state index contributed by atoms with van der Waals surface area (Å²) in [6, 6.07) is 29.5. The van der Waals surface area contributed by atoms with E-state index in [9.17, 15) is 20.1 Å². The zero-order valence-electron chi connectivity index (χ0n) is 21.8. The highest BCUT2D eigenvalue weighted by atomic mass is 16.5. The van der Waals surface area contributed by atoms with Crippen molar-refractivity contribution < 1.29 is 24.9 Å². The van der Waals surface area contributed by atoms with Crippen molar-refractivity contribution in [3.8, 4) is 34.8 Å². The molecule has 2 heterocycles. The number of carbonyl (C=O) groups excluding carboxylic acids is 1. The Labute approximate surface area is 235 Å². The summed E-state index contributed by atoms with van der Waals surface area (Å²) in [4.78, 5) is 14.0. The number of nitriles is 1. The lowest BCUT2D eigenvalue weighted by Crippen LogP contribution is -2.44. The highest BCUT2D eigenvalue weighted by Crippen LogP contribution is 2.58. The second-order valence-corrected chi connectivity index (χ2v) is 9.52. The van der Waals surface area contributed by atoms with Crippen molar-refractivity contribution in [3.05, 3.63) is 125 Å². The molecule has 5 aromatic carbocycles. The van der Waals surface area contributed by atoms with Crippen LogP contribution >= 0.6 is 0 Å². The molecule has 41 heavy (non-hydrogen) atoms. The largest absolute Gasteiger partial charge is 0.508 e. The Balaban J connectivity index is 0.000000967. The molecule has 2 aliphatic heterocycles. The summed E-state index contributed by atoms with van der Waals surface area (Å²) in [6.07, 6.45) is 1.50. The molecular weight excluding hydrogens is 518 g/mol. The second kappa shape index (κ2) is 9.74. The number of nitrogens with zero attached hydrogens (tertiary/aromatic N) is 3. The van der Waals surface area contributed by atoms with Crippen LogP contribution in [0.5, 0.6) is 28.7 Å². The van der Waals surface area contributed by atoms with Gasteiger partial charge in [0.15, 0.2) is 0 Å². The van der Waals surface area contributed by atoms with E-state index in [1.807, 2.05) is 42.5 Å². The third-order valence-corrected chi connectivity index (χ3v) is 7.24. The summed E-state index contributed by atoms with van der Waals surface area (Å²) < 4.78 is 6.11. The Kier molecular flexibility index (Phi) is 6.05. The molecule has 0 saturated carbocycles. The Morgan fingerprint density at radius 2 is 1.44 bits per heavy atom. The zero-order chi connectivity index (χ0) is 28.7. The van der Waals surface area contributed by atoms with E-state index < -0.39 is 5.54 Å². The van der Waals surface area contributed by atoms with Gasteiger partial charge in [0, 0.05) is 46.9 Å². The highest BCUT2D eigenvalue weighted by molar-refractivity contribution is 6.05. The lowest BCUT2D eigenvalue weighted by Gasteiger charge is -2.41. The molecule has 1 amide bonds. The maximum atomic E-state index is 14.0. The minimum Gasteiger partial charge on any atom is -0.508 e. The number of phenols is 3. The lowest BCUT2D eigenvalue weighted by atomic mass is 9.75. The number of ether oxygens (including phenoxy) is 1. The summed E-state index contributed by atoms with van der Waals surface area (Å²) in [6.45, 7) is 1.43. The third kappa shape index (κ3) is 3.83. The van der Waals surface area contributed by atoms with Crippen LogP contribution in [0.15, 0.2) is 102 Å². The fourth-order valence-corrected chi connectivity index (χ4v) is 5.61. The molecule has 7 rings (SSSR count). The van der Waals surface area contributed by atoms with E-state index in [1.54, 1.807) is 48.5 Å². The minimum absolute atomic E-state index is 0.00385. The standard InChI is InChI=1S/C31H20N2O5.C2H3N/c34-19-10-12-25-28(15-19)38-29-16-20(35)11-13-26(29)31(25)24-8-4-3-7-22(24)30(37)33(31)32-17-23-21-6-2-1-5-18(21)9-14-27(23)36;1-2-3/h1-17,34-36H;1H3/b32-17+;. The first kappa shape index (κ1) is 25.5. The zero-order valence-corrected chi connectivity index (χ0v) is 21.8. The third-order valence-electron chi connectivity index (χ3n) is 7.24. The molecule has 0 aliphatic carbocycles. The van der Waals surface area contributed by atoms with E-state index in [0.717, 1.165) is 10.8 Å². The first-order chi connectivity index (χ1) is 19.9. The van der Waals surface area contributed by atoms with Gasteiger partial charge in [0.1, 0.15) is 34.3 Å². The van der Waals surface area contributed by atoms with Crippen LogP contribution in [0.3, 0.4) is 0 Å². The summed E-state index contributed by atoms with van der Waals surface area (Å²) >= 11 is 0. The fraction of sp³-hybridized carbons (Fsp3) is 0.0606. The van der Waals surface area contributed by atoms with Gasteiger partial charge in [-0.25, -0.2) is 5.01 Å². The van der Waals surface area contributed by atoms with Gasteiger partial charge in [0.2, 0.25) is 0 Å². The molecule has 0 radical (unpaired) electrons. The van der Waals surface area contributed by atoms with E-state index >= 15 is 0 Å². The molecule has 0 bridgehead atoms. The first-order valence-electron chi connectivity index (χ1n) is 12.7.